The van der Waals surface area contributed by atoms with Crippen LogP contribution in [0.5, 0.6) is 5.88 Å². The quantitative estimate of drug-likeness (QED) is 0.814. The number of ether oxygens (including phenoxy) is 1. The lowest BCUT2D eigenvalue weighted by Crippen LogP contribution is -2.60. The molecule has 1 N–H and O–H groups in total. The SMILES string of the molecule is CC(=O)c1ccc(OC(=O)N2CCN(C(C)C)CC2C2CCNCC2)nc1. The van der Waals surface area contributed by atoms with Gasteiger partial charge in [0, 0.05) is 43.5 Å². The molecule has 0 saturated carbocycles. The molecule has 3 rings (SSSR count). The Morgan fingerprint density at radius 2 is 1.96 bits per heavy atom. The monoisotopic (exact) mass is 374 g/mol. The van der Waals surface area contributed by atoms with Crippen LogP contribution in [0.25, 0.3) is 0 Å². The van der Waals surface area contributed by atoms with Crippen molar-refractivity contribution < 1.29 is 14.3 Å². The standard InChI is InChI=1S/C20H30N4O3/c1-14(2)23-10-11-24(18(13-23)16-6-8-21-9-7-16)20(26)27-19-5-4-17(12-22-19)15(3)25/h4-5,12,14,16,18,21H,6-11,13H2,1-3H3. The van der Waals surface area contributed by atoms with E-state index in [-0.39, 0.29) is 23.8 Å². The largest absolute Gasteiger partial charge is 0.416 e. The summed E-state index contributed by atoms with van der Waals surface area (Å²) in [7, 11) is 0. The van der Waals surface area contributed by atoms with Crippen LogP contribution in [0.4, 0.5) is 4.79 Å². The van der Waals surface area contributed by atoms with Crippen molar-refractivity contribution in [1.82, 2.24) is 20.1 Å². The molecule has 0 aliphatic carbocycles. The van der Waals surface area contributed by atoms with Gasteiger partial charge in [-0.05, 0) is 58.7 Å². The van der Waals surface area contributed by atoms with Crippen LogP contribution in [0.3, 0.4) is 0 Å². The van der Waals surface area contributed by atoms with Crippen molar-refractivity contribution in [2.75, 3.05) is 32.7 Å². The van der Waals surface area contributed by atoms with E-state index in [4.69, 9.17) is 4.74 Å². The van der Waals surface area contributed by atoms with Crippen molar-refractivity contribution in [3.8, 4) is 5.88 Å². The van der Waals surface area contributed by atoms with Gasteiger partial charge >= 0.3 is 6.09 Å². The first kappa shape index (κ1) is 19.8. The fourth-order valence-electron chi connectivity index (χ4n) is 3.96. The van der Waals surface area contributed by atoms with E-state index in [1.165, 1.54) is 13.1 Å². The first-order chi connectivity index (χ1) is 13.0. The Hall–Kier alpha value is -1.99. The number of piperazine rings is 1. The molecule has 2 aliphatic heterocycles. The number of pyridine rings is 1. The van der Waals surface area contributed by atoms with Gasteiger partial charge in [-0.25, -0.2) is 9.78 Å². The second kappa shape index (κ2) is 8.80. The fraction of sp³-hybridized carbons (Fsp3) is 0.650. The average molecular weight is 374 g/mol. The lowest BCUT2D eigenvalue weighted by molar-refractivity contribution is 0.0268. The van der Waals surface area contributed by atoms with E-state index in [9.17, 15) is 9.59 Å². The predicted octanol–water partition coefficient (Wildman–Crippen LogP) is 2.18. The number of rotatable bonds is 4. The molecule has 27 heavy (non-hydrogen) atoms. The van der Waals surface area contributed by atoms with Crippen molar-refractivity contribution in [2.45, 2.75) is 45.7 Å². The second-order valence-electron chi connectivity index (χ2n) is 7.75. The molecule has 0 spiro atoms. The highest BCUT2D eigenvalue weighted by atomic mass is 16.6. The van der Waals surface area contributed by atoms with Crippen LogP contribution in [0.1, 0.15) is 44.0 Å². The van der Waals surface area contributed by atoms with Gasteiger partial charge in [-0.1, -0.05) is 0 Å². The highest BCUT2D eigenvalue weighted by molar-refractivity contribution is 5.93. The van der Waals surface area contributed by atoms with Crippen LogP contribution >= 0.6 is 0 Å². The van der Waals surface area contributed by atoms with E-state index in [0.717, 1.165) is 39.0 Å². The molecule has 1 unspecified atom stereocenters. The Morgan fingerprint density at radius 1 is 1.22 bits per heavy atom. The summed E-state index contributed by atoms with van der Waals surface area (Å²) >= 11 is 0. The molecule has 2 aliphatic rings. The minimum atomic E-state index is -0.343. The van der Waals surface area contributed by atoms with Crippen molar-refractivity contribution in [1.29, 1.82) is 0 Å². The third-order valence-electron chi connectivity index (χ3n) is 5.68. The zero-order valence-electron chi connectivity index (χ0n) is 16.5. The van der Waals surface area contributed by atoms with E-state index in [1.54, 1.807) is 12.1 Å². The highest BCUT2D eigenvalue weighted by Gasteiger charge is 2.37. The number of amides is 1. The van der Waals surface area contributed by atoms with Gasteiger partial charge in [0.2, 0.25) is 5.88 Å². The molecule has 0 radical (unpaired) electrons. The number of hydrogen-bond acceptors (Lipinski definition) is 6. The molecule has 0 aromatic carbocycles. The molecule has 1 aromatic heterocycles. The van der Waals surface area contributed by atoms with E-state index in [0.29, 0.717) is 24.1 Å². The summed E-state index contributed by atoms with van der Waals surface area (Å²) in [6.45, 7) is 10.3. The number of nitrogens with one attached hydrogen (secondary N) is 1. The van der Waals surface area contributed by atoms with Crippen molar-refractivity contribution in [3.05, 3.63) is 23.9 Å². The maximum Gasteiger partial charge on any atom is 0.416 e. The molecular weight excluding hydrogens is 344 g/mol. The number of aromatic nitrogens is 1. The molecule has 7 nitrogen and oxygen atoms in total. The minimum Gasteiger partial charge on any atom is -0.391 e. The normalized spacial score (nSPS) is 22.1. The molecular formula is C20H30N4O3. The van der Waals surface area contributed by atoms with E-state index >= 15 is 0 Å². The molecule has 1 amide bonds. The van der Waals surface area contributed by atoms with Gasteiger partial charge < -0.3 is 15.0 Å². The summed E-state index contributed by atoms with van der Waals surface area (Å²) in [6.07, 6.45) is 3.26. The van der Waals surface area contributed by atoms with Gasteiger partial charge in [0.05, 0.1) is 6.04 Å². The first-order valence-electron chi connectivity index (χ1n) is 9.86. The smallest absolute Gasteiger partial charge is 0.391 e. The van der Waals surface area contributed by atoms with Gasteiger partial charge in [-0.3, -0.25) is 9.69 Å². The van der Waals surface area contributed by atoms with E-state index in [1.807, 2.05) is 4.90 Å². The van der Waals surface area contributed by atoms with Crippen LogP contribution in [0.15, 0.2) is 18.3 Å². The van der Waals surface area contributed by atoms with Gasteiger partial charge in [0.1, 0.15) is 0 Å². The van der Waals surface area contributed by atoms with Gasteiger partial charge in [-0.2, -0.15) is 0 Å². The van der Waals surface area contributed by atoms with E-state index in [2.05, 4.69) is 29.0 Å². The summed E-state index contributed by atoms with van der Waals surface area (Å²) in [5.74, 6) is 0.657. The summed E-state index contributed by atoms with van der Waals surface area (Å²) in [5.41, 5.74) is 0.507. The lowest BCUT2D eigenvalue weighted by Gasteiger charge is -2.46. The Labute approximate surface area is 161 Å². The zero-order valence-corrected chi connectivity index (χ0v) is 16.5. The predicted molar refractivity (Wildman–Crippen MR) is 103 cm³/mol. The third-order valence-corrected chi connectivity index (χ3v) is 5.68. The minimum absolute atomic E-state index is 0.0591. The molecule has 3 heterocycles. The number of ketones is 1. The third kappa shape index (κ3) is 4.84. The fourth-order valence-corrected chi connectivity index (χ4v) is 3.96. The zero-order chi connectivity index (χ0) is 19.4. The van der Waals surface area contributed by atoms with Gasteiger partial charge in [0.25, 0.3) is 0 Å². The van der Waals surface area contributed by atoms with Gasteiger partial charge in [-0.15, -0.1) is 0 Å². The van der Waals surface area contributed by atoms with Crippen molar-refractivity contribution >= 4 is 11.9 Å². The van der Waals surface area contributed by atoms with E-state index < -0.39 is 0 Å². The molecule has 2 fully saturated rings. The maximum atomic E-state index is 12.9. The van der Waals surface area contributed by atoms with Crippen molar-refractivity contribution in [3.63, 3.8) is 0 Å². The lowest BCUT2D eigenvalue weighted by atomic mass is 9.87. The van der Waals surface area contributed by atoms with Gasteiger partial charge in [0.15, 0.2) is 5.78 Å². The molecule has 2 saturated heterocycles. The number of nitrogens with zero attached hydrogens (tertiary/aromatic N) is 3. The second-order valence-corrected chi connectivity index (χ2v) is 7.75. The number of carbonyl (C=O) groups is 2. The average Bonchev–Trinajstić information content (AvgIpc) is 2.68. The van der Waals surface area contributed by atoms with Crippen LogP contribution < -0.4 is 10.1 Å². The Balaban J connectivity index is 1.71. The highest BCUT2D eigenvalue weighted by Crippen LogP contribution is 2.26. The number of hydrogen-bond donors (Lipinski definition) is 1. The molecule has 148 valence electrons. The summed E-state index contributed by atoms with van der Waals surface area (Å²) in [4.78, 5) is 32.7. The van der Waals surface area contributed by atoms with Crippen LogP contribution in [-0.2, 0) is 0 Å². The number of carbonyl (C=O) groups excluding carboxylic acids is 2. The molecule has 1 aromatic rings. The summed E-state index contributed by atoms with van der Waals surface area (Å²) in [6, 6.07) is 3.85. The molecule has 1 atom stereocenters. The Morgan fingerprint density at radius 3 is 2.56 bits per heavy atom. The maximum absolute atomic E-state index is 12.9. The Kier molecular flexibility index (Phi) is 6.44. The molecule has 0 bridgehead atoms. The van der Waals surface area contributed by atoms with Crippen LogP contribution in [0.2, 0.25) is 0 Å². The first-order valence-corrected chi connectivity index (χ1v) is 9.86. The van der Waals surface area contributed by atoms with Crippen molar-refractivity contribution in [2.24, 2.45) is 5.92 Å². The molecule has 7 heteroatoms. The Bertz CT molecular complexity index is 656. The number of Topliss-reactive ketones (excluding diaryl/α,β-unsaturated/α-hetero) is 1. The summed E-state index contributed by atoms with van der Waals surface area (Å²) < 4.78 is 5.54. The van der Waals surface area contributed by atoms with Crippen LogP contribution in [0, 0.1) is 5.92 Å². The topological polar surface area (TPSA) is 74.8 Å². The van der Waals surface area contributed by atoms with Crippen LogP contribution in [-0.4, -0.2) is 71.5 Å². The summed E-state index contributed by atoms with van der Waals surface area (Å²) in [5, 5.41) is 3.40. The number of piperidine rings is 1.